The lowest BCUT2D eigenvalue weighted by Crippen LogP contribution is -2.31. The molecule has 0 saturated carbocycles. The van der Waals surface area contributed by atoms with E-state index in [0.717, 1.165) is 47.9 Å². The van der Waals surface area contributed by atoms with Gasteiger partial charge in [0.25, 0.3) is 0 Å². The van der Waals surface area contributed by atoms with E-state index in [0.29, 0.717) is 6.04 Å². The van der Waals surface area contributed by atoms with Crippen molar-refractivity contribution in [3.8, 4) is 0 Å². The summed E-state index contributed by atoms with van der Waals surface area (Å²) < 4.78 is 5.08. The van der Waals surface area contributed by atoms with Crippen LogP contribution in [0.25, 0.3) is 11.0 Å². The summed E-state index contributed by atoms with van der Waals surface area (Å²) in [6, 6.07) is 6.10. The highest BCUT2D eigenvalue weighted by Crippen LogP contribution is 2.17. The molecular formula is C14H20ClN3O. The fourth-order valence-electron chi connectivity index (χ4n) is 2.07. The van der Waals surface area contributed by atoms with Crippen LogP contribution in [0.4, 0.5) is 0 Å². The Balaban J connectivity index is 1.81. The second kappa shape index (κ2) is 6.89. The topological polar surface area (TPSA) is 49.9 Å². The van der Waals surface area contributed by atoms with E-state index in [-0.39, 0.29) is 0 Å². The number of nitrogens with zero attached hydrogens (tertiary/aromatic N) is 1. The maximum atomic E-state index is 5.95. The number of ether oxygens (including phenoxy) is 1. The first-order valence-electron chi connectivity index (χ1n) is 6.55. The van der Waals surface area contributed by atoms with Crippen molar-refractivity contribution in [2.45, 2.75) is 25.8 Å². The molecule has 0 aliphatic carbocycles. The lowest BCUT2D eigenvalue weighted by molar-refractivity contribution is 0.172. The average molecular weight is 282 g/mol. The highest BCUT2D eigenvalue weighted by atomic mass is 35.5. The predicted octanol–water partition coefficient (Wildman–Crippen LogP) is 2.77. The number of H-pyrrole nitrogens is 1. The van der Waals surface area contributed by atoms with Crippen LogP contribution in [0.5, 0.6) is 0 Å². The van der Waals surface area contributed by atoms with Crippen LogP contribution in [0.15, 0.2) is 18.2 Å². The molecule has 1 aromatic heterocycles. The van der Waals surface area contributed by atoms with E-state index in [1.54, 1.807) is 7.11 Å². The molecule has 104 valence electrons. The highest BCUT2D eigenvalue weighted by Gasteiger charge is 2.04. The number of aromatic nitrogens is 2. The van der Waals surface area contributed by atoms with Gasteiger partial charge in [-0.25, -0.2) is 4.98 Å². The SMILES string of the molecule is COC[C@@H](C)NCCCc1nc2ccc(Cl)cc2[nH]1. The Bertz CT molecular complexity index is 526. The Hall–Kier alpha value is -1.10. The molecule has 4 nitrogen and oxygen atoms in total. The molecule has 0 saturated heterocycles. The number of benzene rings is 1. The molecule has 5 heteroatoms. The van der Waals surface area contributed by atoms with Crippen LogP contribution in [0.3, 0.4) is 0 Å². The third-order valence-corrected chi connectivity index (χ3v) is 3.23. The van der Waals surface area contributed by atoms with Gasteiger partial charge in [0, 0.05) is 24.6 Å². The Kier molecular flexibility index (Phi) is 5.19. The Morgan fingerprint density at radius 2 is 2.32 bits per heavy atom. The van der Waals surface area contributed by atoms with Gasteiger partial charge in [-0.2, -0.15) is 0 Å². The Labute approximate surface area is 118 Å². The first kappa shape index (κ1) is 14.3. The number of nitrogens with one attached hydrogen (secondary N) is 2. The van der Waals surface area contributed by atoms with Gasteiger partial charge in [0.05, 0.1) is 17.6 Å². The van der Waals surface area contributed by atoms with Gasteiger partial charge in [0.1, 0.15) is 5.82 Å². The number of hydrogen-bond donors (Lipinski definition) is 2. The number of rotatable bonds is 7. The summed E-state index contributed by atoms with van der Waals surface area (Å²) in [4.78, 5) is 7.84. The molecule has 0 fully saturated rings. The maximum absolute atomic E-state index is 5.95. The van der Waals surface area contributed by atoms with E-state index in [9.17, 15) is 0 Å². The molecule has 0 aliphatic heterocycles. The second-order valence-corrected chi connectivity index (χ2v) is 5.20. The molecule has 0 unspecified atom stereocenters. The lowest BCUT2D eigenvalue weighted by atomic mass is 10.2. The van der Waals surface area contributed by atoms with Gasteiger partial charge in [0.15, 0.2) is 0 Å². The van der Waals surface area contributed by atoms with E-state index >= 15 is 0 Å². The number of fused-ring (bicyclic) bond motifs is 1. The molecule has 1 heterocycles. The van der Waals surface area contributed by atoms with Gasteiger partial charge in [0.2, 0.25) is 0 Å². The lowest BCUT2D eigenvalue weighted by Gasteiger charge is -2.11. The van der Waals surface area contributed by atoms with E-state index in [4.69, 9.17) is 16.3 Å². The molecule has 1 atom stereocenters. The molecule has 0 aliphatic rings. The number of halogens is 1. The maximum Gasteiger partial charge on any atom is 0.107 e. The van der Waals surface area contributed by atoms with Crippen molar-refractivity contribution in [3.63, 3.8) is 0 Å². The van der Waals surface area contributed by atoms with Crippen LogP contribution in [0, 0.1) is 0 Å². The summed E-state index contributed by atoms with van der Waals surface area (Å²) in [5.41, 5.74) is 1.98. The summed E-state index contributed by atoms with van der Waals surface area (Å²) in [5.74, 6) is 1.01. The summed E-state index contributed by atoms with van der Waals surface area (Å²) >= 11 is 5.95. The average Bonchev–Trinajstić information content (AvgIpc) is 2.77. The number of methoxy groups -OCH3 is 1. The van der Waals surface area contributed by atoms with Crippen LogP contribution in [0.1, 0.15) is 19.2 Å². The minimum atomic E-state index is 0.388. The third-order valence-electron chi connectivity index (χ3n) is 2.99. The molecule has 0 radical (unpaired) electrons. The normalized spacial score (nSPS) is 13.0. The summed E-state index contributed by atoms with van der Waals surface area (Å²) in [5, 5.41) is 4.14. The number of hydrogen-bond acceptors (Lipinski definition) is 3. The van der Waals surface area contributed by atoms with Gasteiger partial charge in [-0.15, -0.1) is 0 Å². The largest absolute Gasteiger partial charge is 0.383 e. The number of aryl methyl sites for hydroxylation is 1. The van der Waals surface area contributed by atoms with Crippen molar-refractivity contribution in [2.24, 2.45) is 0 Å². The first-order chi connectivity index (χ1) is 9.19. The van der Waals surface area contributed by atoms with Gasteiger partial charge in [-0.1, -0.05) is 11.6 Å². The van der Waals surface area contributed by atoms with E-state index in [1.165, 1.54) is 0 Å². The minimum Gasteiger partial charge on any atom is -0.383 e. The van der Waals surface area contributed by atoms with E-state index in [2.05, 4.69) is 22.2 Å². The second-order valence-electron chi connectivity index (χ2n) is 4.76. The Morgan fingerprint density at radius 3 is 3.11 bits per heavy atom. The van der Waals surface area contributed by atoms with Crippen molar-refractivity contribution >= 4 is 22.6 Å². The number of imidazole rings is 1. The molecular weight excluding hydrogens is 262 g/mol. The highest BCUT2D eigenvalue weighted by molar-refractivity contribution is 6.31. The molecule has 1 aromatic carbocycles. The first-order valence-corrected chi connectivity index (χ1v) is 6.93. The minimum absolute atomic E-state index is 0.388. The zero-order valence-corrected chi connectivity index (χ0v) is 12.1. The van der Waals surface area contributed by atoms with Crippen molar-refractivity contribution < 1.29 is 4.74 Å². The number of aromatic amines is 1. The van der Waals surface area contributed by atoms with E-state index in [1.807, 2.05) is 18.2 Å². The van der Waals surface area contributed by atoms with Gasteiger partial charge >= 0.3 is 0 Å². The summed E-state index contributed by atoms with van der Waals surface area (Å²) in [6.07, 6.45) is 1.97. The fraction of sp³-hybridized carbons (Fsp3) is 0.500. The van der Waals surface area contributed by atoms with Crippen molar-refractivity contribution in [1.82, 2.24) is 15.3 Å². The van der Waals surface area contributed by atoms with Crippen LogP contribution < -0.4 is 5.32 Å². The van der Waals surface area contributed by atoms with Crippen molar-refractivity contribution in [1.29, 1.82) is 0 Å². The van der Waals surface area contributed by atoms with Gasteiger partial charge < -0.3 is 15.0 Å². The van der Waals surface area contributed by atoms with Crippen LogP contribution in [0.2, 0.25) is 5.02 Å². The zero-order chi connectivity index (χ0) is 13.7. The molecule has 19 heavy (non-hydrogen) atoms. The summed E-state index contributed by atoms with van der Waals surface area (Å²) in [6.45, 7) is 3.82. The molecule has 2 N–H and O–H groups in total. The van der Waals surface area contributed by atoms with Crippen LogP contribution in [-0.2, 0) is 11.2 Å². The molecule has 0 amide bonds. The zero-order valence-electron chi connectivity index (χ0n) is 11.4. The standard InChI is InChI=1S/C14H20ClN3O/c1-10(9-19-2)16-7-3-4-14-17-12-6-5-11(15)8-13(12)18-14/h5-6,8,10,16H,3-4,7,9H2,1-2H3,(H,17,18)/t10-/m1/s1. The third kappa shape index (κ3) is 4.20. The molecule has 0 spiro atoms. The van der Waals surface area contributed by atoms with E-state index < -0.39 is 0 Å². The monoisotopic (exact) mass is 281 g/mol. The predicted molar refractivity (Wildman–Crippen MR) is 78.8 cm³/mol. The van der Waals surface area contributed by atoms with Gasteiger partial charge in [-0.05, 0) is 38.1 Å². The molecule has 2 aromatic rings. The smallest absolute Gasteiger partial charge is 0.107 e. The quantitative estimate of drug-likeness (QED) is 0.767. The Morgan fingerprint density at radius 1 is 1.47 bits per heavy atom. The summed E-state index contributed by atoms with van der Waals surface area (Å²) in [7, 11) is 1.72. The molecule has 2 rings (SSSR count). The van der Waals surface area contributed by atoms with Crippen molar-refractivity contribution in [3.05, 3.63) is 29.0 Å². The van der Waals surface area contributed by atoms with Crippen LogP contribution >= 0.6 is 11.6 Å². The molecule has 0 bridgehead atoms. The van der Waals surface area contributed by atoms with Crippen molar-refractivity contribution in [2.75, 3.05) is 20.3 Å². The van der Waals surface area contributed by atoms with Gasteiger partial charge in [-0.3, -0.25) is 0 Å². The van der Waals surface area contributed by atoms with Crippen LogP contribution in [-0.4, -0.2) is 36.3 Å². The fourth-order valence-corrected chi connectivity index (χ4v) is 2.24.